The number of amides is 1. The summed E-state index contributed by atoms with van der Waals surface area (Å²) in [6.07, 6.45) is 0. The van der Waals surface area contributed by atoms with Crippen LogP contribution in [0.2, 0.25) is 5.02 Å². The Balaban J connectivity index is 2.39. The zero-order valence-electron chi connectivity index (χ0n) is 11.1. The molecule has 0 aliphatic rings. The first kappa shape index (κ1) is 14.9. The van der Waals surface area contributed by atoms with E-state index in [2.05, 4.69) is 5.32 Å². The number of rotatable bonds is 3. The lowest BCUT2D eigenvalue weighted by Crippen LogP contribution is -2.16. The molecule has 0 spiro atoms. The molecular formula is C15H12ClNO4. The average Bonchev–Trinajstić information content (AvgIpc) is 2.41. The molecule has 2 rings (SSSR count). The van der Waals surface area contributed by atoms with Gasteiger partial charge in [0.25, 0.3) is 5.91 Å². The van der Waals surface area contributed by atoms with Gasteiger partial charge in [-0.15, -0.1) is 0 Å². The molecule has 0 aromatic heterocycles. The fourth-order valence-corrected chi connectivity index (χ4v) is 2.16. The second-order valence-electron chi connectivity index (χ2n) is 4.37. The summed E-state index contributed by atoms with van der Waals surface area (Å²) >= 11 is 5.84. The van der Waals surface area contributed by atoms with Crippen LogP contribution in [-0.4, -0.2) is 22.1 Å². The lowest BCUT2D eigenvalue weighted by atomic mass is 10.1. The monoisotopic (exact) mass is 305 g/mol. The van der Waals surface area contributed by atoms with Crippen molar-refractivity contribution >= 4 is 29.2 Å². The number of halogens is 1. The lowest BCUT2D eigenvalue weighted by Gasteiger charge is -2.11. The highest BCUT2D eigenvalue weighted by molar-refractivity contribution is 6.34. The van der Waals surface area contributed by atoms with Gasteiger partial charge in [0.1, 0.15) is 11.3 Å². The van der Waals surface area contributed by atoms with Gasteiger partial charge >= 0.3 is 5.97 Å². The van der Waals surface area contributed by atoms with E-state index in [1.807, 2.05) is 0 Å². The molecule has 108 valence electrons. The first-order chi connectivity index (χ1) is 9.91. The molecule has 3 N–H and O–H groups in total. The van der Waals surface area contributed by atoms with Crippen molar-refractivity contribution < 1.29 is 19.8 Å². The number of anilines is 1. The van der Waals surface area contributed by atoms with Gasteiger partial charge in [-0.3, -0.25) is 4.79 Å². The summed E-state index contributed by atoms with van der Waals surface area (Å²) < 4.78 is 0. The van der Waals surface area contributed by atoms with E-state index in [1.165, 1.54) is 30.3 Å². The Hall–Kier alpha value is -2.53. The summed E-state index contributed by atoms with van der Waals surface area (Å²) in [6, 6.07) is 8.96. The van der Waals surface area contributed by atoms with Crippen LogP contribution in [0.15, 0.2) is 36.4 Å². The molecule has 0 atom stereocenters. The van der Waals surface area contributed by atoms with E-state index in [0.29, 0.717) is 5.56 Å². The fraction of sp³-hybridized carbons (Fsp3) is 0.0667. The van der Waals surface area contributed by atoms with E-state index >= 15 is 0 Å². The zero-order chi connectivity index (χ0) is 15.6. The summed E-state index contributed by atoms with van der Waals surface area (Å²) in [5.74, 6) is -1.76. The number of carboxylic acids is 1. The third-order valence-corrected chi connectivity index (χ3v) is 3.34. The third kappa shape index (κ3) is 2.98. The number of phenolic OH excluding ortho intramolecular Hbond substituents is 1. The van der Waals surface area contributed by atoms with Crippen LogP contribution in [-0.2, 0) is 0 Å². The smallest absolute Gasteiger partial charge is 0.339 e. The SMILES string of the molecule is Cc1c(O)cccc1C(=O)Nc1cccc(Cl)c1C(=O)O. The van der Waals surface area contributed by atoms with Crippen LogP contribution in [0.1, 0.15) is 26.3 Å². The predicted octanol–water partition coefficient (Wildman–Crippen LogP) is 3.30. The van der Waals surface area contributed by atoms with E-state index in [9.17, 15) is 14.7 Å². The second kappa shape index (κ2) is 5.85. The quantitative estimate of drug-likeness (QED) is 0.812. The largest absolute Gasteiger partial charge is 0.508 e. The Morgan fingerprint density at radius 2 is 1.81 bits per heavy atom. The van der Waals surface area contributed by atoms with E-state index in [4.69, 9.17) is 16.7 Å². The molecule has 21 heavy (non-hydrogen) atoms. The van der Waals surface area contributed by atoms with Crippen LogP contribution < -0.4 is 5.32 Å². The molecule has 0 heterocycles. The Morgan fingerprint density at radius 1 is 1.14 bits per heavy atom. The maximum absolute atomic E-state index is 12.2. The molecule has 2 aromatic carbocycles. The van der Waals surface area contributed by atoms with Gasteiger partial charge in [-0.2, -0.15) is 0 Å². The Kier molecular flexibility index (Phi) is 4.14. The first-order valence-corrected chi connectivity index (χ1v) is 6.41. The zero-order valence-corrected chi connectivity index (χ0v) is 11.8. The summed E-state index contributed by atoms with van der Waals surface area (Å²) in [5.41, 5.74) is 0.591. The van der Waals surface area contributed by atoms with Crippen molar-refractivity contribution in [3.8, 4) is 5.75 Å². The molecule has 0 saturated carbocycles. The van der Waals surface area contributed by atoms with Gasteiger partial charge in [-0.05, 0) is 31.2 Å². The van der Waals surface area contributed by atoms with Crippen LogP contribution >= 0.6 is 11.6 Å². The van der Waals surface area contributed by atoms with Crippen LogP contribution in [0, 0.1) is 6.92 Å². The van der Waals surface area contributed by atoms with Crippen molar-refractivity contribution in [2.45, 2.75) is 6.92 Å². The molecule has 0 fully saturated rings. The third-order valence-electron chi connectivity index (χ3n) is 3.03. The van der Waals surface area contributed by atoms with Gasteiger partial charge in [0, 0.05) is 11.1 Å². The number of nitrogens with one attached hydrogen (secondary N) is 1. The minimum Gasteiger partial charge on any atom is -0.508 e. The van der Waals surface area contributed by atoms with E-state index in [-0.39, 0.29) is 27.6 Å². The van der Waals surface area contributed by atoms with E-state index in [1.54, 1.807) is 13.0 Å². The number of carboxylic acid groups (broad SMARTS) is 1. The van der Waals surface area contributed by atoms with Crippen molar-refractivity contribution in [2.75, 3.05) is 5.32 Å². The lowest BCUT2D eigenvalue weighted by molar-refractivity contribution is 0.0698. The molecule has 0 unspecified atom stereocenters. The summed E-state index contributed by atoms with van der Waals surface area (Å²) in [6.45, 7) is 1.60. The molecule has 1 amide bonds. The van der Waals surface area contributed by atoms with Crippen LogP contribution in [0.4, 0.5) is 5.69 Å². The number of aromatic carboxylic acids is 1. The maximum Gasteiger partial charge on any atom is 0.339 e. The molecule has 5 nitrogen and oxygen atoms in total. The standard InChI is InChI=1S/C15H12ClNO4/c1-8-9(4-2-7-12(8)18)14(19)17-11-6-3-5-10(16)13(11)15(20)21/h2-7,18H,1H3,(H,17,19)(H,20,21). The molecule has 6 heteroatoms. The fourth-order valence-electron chi connectivity index (χ4n) is 1.90. The van der Waals surface area contributed by atoms with Gasteiger partial charge in [-0.1, -0.05) is 23.7 Å². The normalized spacial score (nSPS) is 10.2. The number of benzene rings is 2. The Bertz CT molecular complexity index is 728. The summed E-state index contributed by atoms with van der Waals surface area (Å²) in [5, 5.41) is 21.3. The van der Waals surface area contributed by atoms with Crippen molar-refractivity contribution in [1.82, 2.24) is 0 Å². The highest BCUT2D eigenvalue weighted by Crippen LogP contribution is 2.26. The topological polar surface area (TPSA) is 86.6 Å². The number of carbonyl (C=O) groups is 2. The van der Waals surface area contributed by atoms with Crippen molar-refractivity contribution in [3.63, 3.8) is 0 Å². The highest BCUT2D eigenvalue weighted by atomic mass is 35.5. The van der Waals surface area contributed by atoms with Crippen LogP contribution in [0.3, 0.4) is 0 Å². The number of aromatic hydroxyl groups is 1. The van der Waals surface area contributed by atoms with E-state index < -0.39 is 11.9 Å². The van der Waals surface area contributed by atoms with Gasteiger partial charge in [0.15, 0.2) is 0 Å². The molecule has 2 aromatic rings. The first-order valence-electron chi connectivity index (χ1n) is 6.03. The second-order valence-corrected chi connectivity index (χ2v) is 4.78. The van der Waals surface area contributed by atoms with Crippen molar-refractivity contribution in [2.24, 2.45) is 0 Å². The summed E-state index contributed by atoms with van der Waals surface area (Å²) in [4.78, 5) is 23.4. The molecule has 0 radical (unpaired) electrons. The van der Waals surface area contributed by atoms with Crippen molar-refractivity contribution in [3.05, 3.63) is 58.1 Å². The van der Waals surface area contributed by atoms with Gasteiger partial charge < -0.3 is 15.5 Å². The molecular weight excluding hydrogens is 294 g/mol. The minimum absolute atomic E-state index is 0.00722. The molecule has 0 bridgehead atoms. The van der Waals surface area contributed by atoms with E-state index in [0.717, 1.165) is 0 Å². The average molecular weight is 306 g/mol. The highest BCUT2D eigenvalue weighted by Gasteiger charge is 2.18. The van der Waals surface area contributed by atoms with Crippen LogP contribution in [0.25, 0.3) is 0 Å². The minimum atomic E-state index is -1.23. The summed E-state index contributed by atoms with van der Waals surface area (Å²) in [7, 11) is 0. The predicted molar refractivity (Wildman–Crippen MR) is 79.2 cm³/mol. The molecule has 0 saturated heterocycles. The van der Waals surface area contributed by atoms with Gasteiger partial charge in [0.05, 0.1) is 10.7 Å². The molecule has 0 aliphatic heterocycles. The number of hydrogen-bond acceptors (Lipinski definition) is 3. The Labute approximate surface area is 125 Å². The number of carbonyl (C=O) groups excluding carboxylic acids is 1. The number of hydrogen-bond donors (Lipinski definition) is 3. The van der Waals surface area contributed by atoms with Crippen LogP contribution in [0.5, 0.6) is 5.75 Å². The maximum atomic E-state index is 12.2. The van der Waals surface area contributed by atoms with Gasteiger partial charge in [-0.25, -0.2) is 4.79 Å². The van der Waals surface area contributed by atoms with Gasteiger partial charge in [0.2, 0.25) is 0 Å². The number of phenols is 1. The van der Waals surface area contributed by atoms with Crippen molar-refractivity contribution in [1.29, 1.82) is 0 Å². The molecule has 0 aliphatic carbocycles. The Morgan fingerprint density at radius 3 is 2.48 bits per heavy atom.